The van der Waals surface area contributed by atoms with Crippen LogP contribution >= 0.6 is 0 Å². The van der Waals surface area contributed by atoms with Crippen LogP contribution in [0.3, 0.4) is 0 Å². The fourth-order valence-corrected chi connectivity index (χ4v) is 0.924. The van der Waals surface area contributed by atoms with E-state index in [1.54, 1.807) is 0 Å². The van der Waals surface area contributed by atoms with Crippen LogP contribution in [-0.2, 0) is 0 Å². The van der Waals surface area contributed by atoms with Crippen LogP contribution in [-0.4, -0.2) is 24.5 Å². The lowest BCUT2D eigenvalue weighted by Crippen LogP contribution is -2.32. The molecule has 0 aliphatic carbocycles. The number of nitriles is 1. The van der Waals surface area contributed by atoms with Crippen molar-refractivity contribution in [3.8, 4) is 6.07 Å². The zero-order chi connectivity index (χ0) is 6.69. The van der Waals surface area contributed by atoms with E-state index < -0.39 is 0 Å². The Hall–Kier alpha value is -0.810. The van der Waals surface area contributed by atoms with Gasteiger partial charge in [0.15, 0.2) is 0 Å². The zero-order valence-electron chi connectivity index (χ0n) is 5.54. The Labute approximate surface area is 55.4 Å². The molecule has 0 radical (unpaired) electrons. The van der Waals surface area contributed by atoms with Crippen LogP contribution in [0.4, 0.5) is 0 Å². The second kappa shape index (κ2) is 2.65. The second-order valence-corrected chi connectivity index (χ2v) is 2.29. The summed E-state index contributed by atoms with van der Waals surface area (Å²) in [6.45, 7) is 0.915. The molecule has 0 amide bonds. The molecule has 1 aliphatic rings. The monoisotopic (exact) mass is 122 g/mol. The van der Waals surface area contributed by atoms with E-state index in [9.17, 15) is 0 Å². The van der Waals surface area contributed by atoms with Gasteiger partial charge in [-0.2, -0.15) is 5.26 Å². The van der Waals surface area contributed by atoms with Crippen molar-refractivity contribution in [3.63, 3.8) is 0 Å². The molecule has 0 saturated carbocycles. The van der Waals surface area contributed by atoms with Crippen LogP contribution in [0.1, 0.15) is 6.42 Å². The predicted octanol–water partition coefficient (Wildman–Crippen LogP) is 0.770. The maximum absolute atomic E-state index is 8.54. The summed E-state index contributed by atoms with van der Waals surface area (Å²) in [7, 11) is 1.97. The second-order valence-electron chi connectivity index (χ2n) is 2.29. The molecule has 0 aromatic heterocycles. The van der Waals surface area contributed by atoms with E-state index in [0.29, 0.717) is 0 Å². The Morgan fingerprint density at radius 1 is 1.67 bits per heavy atom. The lowest BCUT2D eigenvalue weighted by atomic mass is 10.1. The van der Waals surface area contributed by atoms with E-state index in [2.05, 4.69) is 18.2 Å². The lowest BCUT2D eigenvalue weighted by molar-refractivity contribution is 0.307. The van der Waals surface area contributed by atoms with E-state index in [0.717, 1.165) is 13.0 Å². The predicted molar refractivity (Wildman–Crippen MR) is 35.8 cm³/mol. The SMILES string of the molecule is CN1CC=CC[C@H]1C#N. The standard InChI is InChI=1S/C7H10N2/c1-9-5-3-2-4-7(9)6-8/h2-3,7H,4-5H2,1H3/t7-/m0/s1. The van der Waals surface area contributed by atoms with Crippen molar-refractivity contribution >= 4 is 0 Å². The van der Waals surface area contributed by atoms with Gasteiger partial charge in [0.1, 0.15) is 6.04 Å². The highest BCUT2D eigenvalue weighted by atomic mass is 15.1. The molecule has 1 atom stereocenters. The average Bonchev–Trinajstić information content (AvgIpc) is 1.89. The van der Waals surface area contributed by atoms with E-state index in [1.807, 2.05) is 11.9 Å². The van der Waals surface area contributed by atoms with Crippen LogP contribution in [0.15, 0.2) is 12.2 Å². The van der Waals surface area contributed by atoms with E-state index in [1.165, 1.54) is 0 Å². The maximum Gasteiger partial charge on any atom is 0.101 e. The van der Waals surface area contributed by atoms with Crippen molar-refractivity contribution in [3.05, 3.63) is 12.2 Å². The summed E-state index contributed by atoms with van der Waals surface area (Å²) in [4.78, 5) is 2.04. The molecule has 0 aromatic carbocycles. The highest BCUT2D eigenvalue weighted by Gasteiger charge is 2.12. The van der Waals surface area contributed by atoms with Gasteiger partial charge >= 0.3 is 0 Å². The summed E-state index contributed by atoms with van der Waals surface area (Å²) in [6.07, 6.45) is 5.04. The Kier molecular flexibility index (Phi) is 1.86. The fourth-order valence-electron chi connectivity index (χ4n) is 0.924. The lowest BCUT2D eigenvalue weighted by Gasteiger charge is -2.22. The molecule has 9 heavy (non-hydrogen) atoms. The first-order valence-corrected chi connectivity index (χ1v) is 3.09. The third-order valence-corrected chi connectivity index (χ3v) is 1.60. The van der Waals surface area contributed by atoms with Gasteiger partial charge in [-0.15, -0.1) is 0 Å². The van der Waals surface area contributed by atoms with Crippen LogP contribution in [0, 0.1) is 11.3 Å². The molecular weight excluding hydrogens is 112 g/mol. The van der Waals surface area contributed by atoms with Crippen LogP contribution in [0.25, 0.3) is 0 Å². The van der Waals surface area contributed by atoms with Crippen molar-refractivity contribution in [1.82, 2.24) is 4.90 Å². The van der Waals surface area contributed by atoms with Gasteiger partial charge in [-0.05, 0) is 13.5 Å². The van der Waals surface area contributed by atoms with Crippen LogP contribution in [0.5, 0.6) is 0 Å². The smallest absolute Gasteiger partial charge is 0.101 e. The summed E-state index contributed by atoms with van der Waals surface area (Å²) >= 11 is 0. The molecule has 0 fully saturated rings. The van der Waals surface area contributed by atoms with Gasteiger partial charge in [0.05, 0.1) is 6.07 Å². The first kappa shape index (κ1) is 6.31. The quantitative estimate of drug-likeness (QED) is 0.444. The minimum atomic E-state index is 0.106. The highest BCUT2D eigenvalue weighted by Crippen LogP contribution is 2.06. The van der Waals surface area contributed by atoms with Gasteiger partial charge in [0.25, 0.3) is 0 Å². The van der Waals surface area contributed by atoms with E-state index in [-0.39, 0.29) is 6.04 Å². The largest absolute Gasteiger partial charge is 0.287 e. The molecule has 1 aliphatic heterocycles. The van der Waals surface area contributed by atoms with Gasteiger partial charge < -0.3 is 0 Å². The number of rotatable bonds is 0. The van der Waals surface area contributed by atoms with Gasteiger partial charge in [0, 0.05) is 6.54 Å². The normalized spacial score (nSPS) is 27.8. The molecule has 2 heteroatoms. The number of nitrogens with zero attached hydrogens (tertiary/aromatic N) is 2. The molecule has 1 rings (SSSR count). The van der Waals surface area contributed by atoms with Crippen molar-refractivity contribution in [2.75, 3.05) is 13.6 Å². The zero-order valence-corrected chi connectivity index (χ0v) is 5.54. The summed E-state index contributed by atoms with van der Waals surface area (Å²) < 4.78 is 0. The molecule has 2 nitrogen and oxygen atoms in total. The van der Waals surface area contributed by atoms with Crippen LogP contribution in [0.2, 0.25) is 0 Å². The molecule has 0 bridgehead atoms. The van der Waals surface area contributed by atoms with Gasteiger partial charge in [-0.25, -0.2) is 0 Å². The van der Waals surface area contributed by atoms with Gasteiger partial charge in [-0.3, -0.25) is 4.90 Å². The third kappa shape index (κ3) is 1.30. The van der Waals surface area contributed by atoms with E-state index >= 15 is 0 Å². The Morgan fingerprint density at radius 3 is 2.89 bits per heavy atom. The van der Waals surface area contributed by atoms with E-state index in [4.69, 9.17) is 5.26 Å². The third-order valence-electron chi connectivity index (χ3n) is 1.60. The minimum Gasteiger partial charge on any atom is -0.287 e. The molecule has 1 heterocycles. The van der Waals surface area contributed by atoms with Crippen molar-refractivity contribution in [2.45, 2.75) is 12.5 Å². The first-order chi connectivity index (χ1) is 4.34. The Bertz CT molecular complexity index is 155. The number of hydrogen-bond donors (Lipinski definition) is 0. The molecule has 0 aromatic rings. The summed E-state index contributed by atoms with van der Waals surface area (Å²) in [5, 5.41) is 8.54. The molecule has 0 spiro atoms. The Balaban J connectivity index is 2.55. The van der Waals surface area contributed by atoms with Crippen molar-refractivity contribution in [2.24, 2.45) is 0 Å². The van der Waals surface area contributed by atoms with Gasteiger partial charge in [0.2, 0.25) is 0 Å². The summed E-state index contributed by atoms with van der Waals surface area (Å²) in [5.41, 5.74) is 0. The van der Waals surface area contributed by atoms with Crippen LogP contribution < -0.4 is 0 Å². The highest BCUT2D eigenvalue weighted by molar-refractivity contribution is 5.03. The minimum absolute atomic E-state index is 0.106. The summed E-state index contributed by atoms with van der Waals surface area (Å²) in [5.74, 6) is 0. The topological polar surface area (TPSA) is 27.0 Å². The van der Waals surface area contributed by atoms with Gasteiger partial charge in [-0.1, -0.05) is 12.2 Å². The summed E-state index contributed by atoms with van der Waals surface area (Å²) in [6, 6.07) is 2.33. The molecule has 0 saturated heterocycles. The number of likely N-dealkylation sites (N-methyl/N-ethyl adjacent to an activating group) is 1. The molecule has 0 unspecified atom stereocenters. The van der Waals surface area contributed by atoms with Crippen molar-refractivity contribution in [1.29, 1.82) is 5.26 Å². The first-order valence-electron chi connectivity index (χ1n) is 3.09. The number of hydrogen-bond acceptors (Lipinski definition) is 2. The van der Waals surface area contributed by atoms with Crippen molar-refractivity contribution < 1.29 is 0 Å². The maximum atomic E-state index is 8.54. The molecule has 48 valence electrons. The fraction of sp³-hybridized carbons (Fsp3) is 0.571. The molecular formula is C7H10N2. The average molecular weight is 122 g/mol. The molecule has 0 N–H and O–H groups in total. The Morgan fingerprint density at radius 2 is 2.44 bits per heavy atom.